The highest BCUT2D eigenvalue weighted by atomic mass is 35.5. The van der Waals surface area contributed by atoms with Crippen LogP contribution in [0, 0.1) is 0 Å². The Balaban J connectivity index is 1.84. The van der Waals surface area contributed by atoms with Crippen molar-refractivity contribution < 1.29 is 14.3 Å². The van der Waals surface area contributed by atoms with Gasteiger partial charge in [0, 0.05) is 18.9 Å². The first-order chi connectivity index (χ1) is 11.2. The molecule has 0 atom stereocenters. The maximum Gasteiger partial charge on any atom is 0.243 e. The monoisotopic (exact) mass is 334 g/mol. The fourth-order valence-corrected chi connectivity index (χ4v) is 2.06. The molecule has 2 rings (SSSR count). The highest BCUT2D eigenvalue weighted by molar-refractivity contribution is 6.33. The van der Waals surface area contributed by atoms with Gasteiger partial charge in [-0.25, -0.2) is 0 Å². The van der Waals surface area contributed by atoms with E-state index in [9.17, 15) is 4.79 Å². The van der Waals surface area contributed by atoms with Gasteiger partial charge < -0.3 is 20.1 Å². The smallest absolute Gasteiger partial charge is 0.243 e. The molecule has 0 aliphatic heterocycles. The van der Waals surface area contributed by atoms with Crippen LogP contribution in [0.1, 0.15) is 0 Å². The van der Waals surface area contributed by atoms with Gasteiger partial charge in [-0.2, -0.15) is 0 Å². The van der Waals surface area contributed by atoms with Gasteiger partial charge in [-0.15, -0.1) is 0 Å². The third kappa shape index (κ3) is 5.81. The maximum atomic E-state index is 12.0. The fraction of sp³-hybridized carbons (Fsp3) is 0.235. The molecule has 0 spiro atoms. The van der Waals surface area contributed by atoms with Crippen LogP contribution in [-0.2, 0) is 9.53 Å². The van der Waals surface area contributed by atoms with Gasteiger partial charge in [-0.3, -0.25) is 4.79 Å². The third-order valence-corrected chi connectivity index (χ3v) is 3.32. The Hall–Kier alpha value is -2.24. The standard InChI is InChI=1S/C17H19ClN2O3/c1-22-9-10-23-14-6-4-5-13(11-14)19-12-17(21)20-16-8-3-2-7-15(16)18/h2-8,11,19H,9-10,12H2,1H3,(H,20,21). The second-order valence-corrected chi connectivity index (χ2v) is 5.16. The van der Waals surface area contributed by atoms with Crippen molar-refractivity contribution in [2.45, 2.75) is 0 Å². The zero-order chi connectivity index (χ0) is 16.5. The van der Waals surface area contributed by atoms with Gasteiger partial charge in [0.15, 0.2) is 0 Å². The van der Waals surface area contributed by atoms with Gasteiger partial charge in [0.25, 0.3) is 0 Å². The lowest BCUT2D eigenvalue weighted by atomic mass is 10.3. The quantitative estimate of drug-likeness (QED) is 0.726. The van der Waals surface area contributed by atoms with E-state index in [-0.39, 0.29) is 12.5 Å². The van der Waals surface area contributed by atoms with Crippen molar-refractivity contribution in [3.05, 3.63) is 53.6 Å². The zero-order valence-electron chi connectivity index (χ0n) is 12.8. The van der Waals surface area contributed by atoms with Crippen LogP contribution in [0.25, 0.3) is 0 Å². The number of hydrogen-bond donors (Lipinski definition) is 2. The summed E-state index contributed by atoms with van der Waals surface area (Å²) in [4.78, 5) is 12.0. The van der Waals surface area contributed by atoms with Crippen molar-refractivity contribution in [1.29, 1.82) is 0 Å². The van der Waals surface area contributed by atoms with Crippen molar-refractivity contribution in [3.63, 3.8) is 0 Å². The van der Waals surface area contributed by atoms with Crippen LogP contribution in [0.2, 0.25) is 5.02 Å². The summed E-state index contributed by atoms with van der Waals surface area (Å²) in [7, 11) is 1.62. The highest BCUT2D eigenvalue weighted by Crippen LogP contribution is 2.20. The van der Waals surface area contributed by atoms with E-state index in [1.807, 2.05) is 36.4 Å². The van der Waals surface area contributed by atoms with Crippen molar-refractivity contribution in [1.82, 2.24) is 0 Å². The molecule has 5 nitrogen and oxygen atoms in total. The Bertz CT molecular complexity index is 649. The van der Waals surface area contributed by atoms with Gasteiger partial charge in [0.1, 0.15) is 12.4 Å². The van der Waals surface area contributed by atoms with E-state index >= 15 is 0 Å². The number of halogens is 1. The first-order valence-corrected chi connectivity index (χ1v) is 7.57. The molecular weight excluding hydrogens is 316 g/mol. The van der Waals surface area contributed by atoms with Crippen molar-refractivity contribution in [3.8, 4) is 5.75 Å². The lowest BCUT2D eigenvalue weighted by Crippen LogP contribution is -2.21. The number of nitrogens with one attached hydrogen (secondary N) is 2. The van der Waals surface area contributed by atoms with E-state index in [2.05, 4.69) is 10.6 Å². The molecule has 0 aliphatic carbocycles. The number of hydrogen-bond acceptors (Lipinski definition) is 4. The first kappa shape index (κ1) is 17.1. The minimum absolute atomic E-state index is 0.132. The average Bonchev–Trinajstić information content (AvgIpc) is 2.56. The van der Waals surface area contributed by atoms with Crippen LogP contribution in [-0.4, -0.2) is 32.8 Å². The molecule has 0 aromatic heterocycles. The molecule has 122 valence electrons. The maximum absolute atomic E-state index is 12.0. The van der Waals surface area contributed by atoms with Crippen molar-refractivity contribution in [2.24, 2.45) is 0 Å². The molecular formula is C17H19ClN2O3. The second-order valence-electron chi connectivity index (χ2n) is 4.75. The SMILES string of the molecule is COCCOc1cccc(NCC(=O)Nc2ccccc2Cl)c1. The van der Waals surface area contributed by atoms with E-state index in [4.69, 9.17) is 21.1 Å². The van der Waals surface area contributed by atoms with Gasteiger partial charge in [0.2, 0.25) is 5.91 Å². The molecule has 0 aliphatic rings. The third-order valence-electron chi connectivity index (χ3n) is 2.99. The second kappa shape index (κ2) is 9.02. The minimum Gasteiger partial charge on any atom is -0.491 e. The van der Waals surface area contributed by atoms with Crippen LogP contribution in [0.15, 0.2) is 48.5 Å². The number of amides is 1. The van der Waals surface area contributed by atoms with E-state index in [0.717, 1.165) is 11.4 Å². The molecule has 6 heteroatoms. The summed E-state index contributed by atoms with van der Waals surface area (Å²) in [6.07, 6.45) is 0. The van der Waals surface area contributed by atoms with Crippen molar-refractivity contribution in [2.75, 3.05) is 37.5 Å². The summed E-state index contributed by atoms with van der Waals surface area (Å²) in [5.41, 5.74) is 1.40. The zero-order valence-corrected chi connectivity index (χ0v) is 13.6. The number of anilines is 2. The molecule has 0 bridgehead atoms. The summed E-state index contributed by atoms with van der Waals surface area (Å²) in [5.74, 6) is 0.544. The molecule has 0 saturated carbocycles. The number of para-hydroxylation sites is 1. The molecule has 2 aromatic carbocycles. The molecule has 0 fully saturated rings. The van der Waals surface area contributed by atoms with Crippen molar-refractivity contribution >= 4 is 28.9 Å². The lowest BCUT2D eigenvalue weighted by Gasteiger charge is -2.10. The number of ether oxygens (including phenoxy) is 2. The first-order valence-electron chi connectivity index (χ1n) is 7.19. The Labute approximate surface area is 140 Å². The molecule has 0 heterocycles. The summed E-state index contributed by atoms with van der Waals surface area (Å²) >= 11 is 6.00. The predicted octanol–water partition coefficient (Wildman–Crippen LogP) is 3.42. The normalized spacial score (nSPS) is 10.2. The molecule has 0 unspecified atom stereocenters. The largest absolute Gasteiger partial charge is 0.491 e. The summed E-state index contributed by atoms with van der Waals surface area (Å²) in [6.45, 7) is 1.14. The van der Waals surface area contributed by atoms with E-state index in [1.165, 1.54) is 0 Å². The summed E-state index contributed by atoms with van der Waals surface area (Å²) in [5, 5.41) is 6.31. The predicted molar refractivity (Wildman–Crippen MR) is 92.4 cm³/mol. The van der Waals surface area contributed by atoms with Crippen LogP contribution < -0.4 is 15.4 Å². The Morgan fingerprint density at radius 2 is 1.96 bits per heavy atom. The Morgan fingerprint density at radius 1 is 1.13 bits per heavy atom. The van der Waals surface area contributed by atoms with Gasteiger partial charge in [-0.05, 0) is 24.3 Å². The number of carbonyl (C=O) groups is 1. The van der Waals surface area contributed by atoms with Gasteiger partial charge >= 0.3 is 0 Å². The molecule has 0 radical (unpaired) electrons. The Kier molecular flexibility index (Phi) is 6.72. The number of methoxy groups -OCH3 is 1. The molecule has 2 N–H and O–H groups in total. The fourth-order valence-electron chi connectivity index (χ4n) is 1.88. The molecule has 23 heavy (non-hydrogen) atoms. The minimum atomic E-state index is -0.177. The summed E-state index contributed by atoms with van der Waals surface area (Å²) in [6, 6.07) is 14.5. The molecule has 0 saturated heterocycles. The average molecular weight is 335 g/mol. The number of carbonyl (C=O) groups excluding carboxylic acids is 1. The number of benzene rings is 2. The van der Waals surface area contributed by atoms with Crippen LogP contribution in [0.5, 0.6) is 5.75 Å². The lowest BCUT2D eigenvalue weighted by molar-refractivity contribution is -0.114. The summed E-state index contributed by atoms with van der Waals surface area (Å²) < 4.78 is 10.5. The van der Waals surface area contributed by atoms with Crippen LogP contribution >= 0.6 is 11.6 Å². The molecule has 1 amide bonds. The Morgan fingerprint density at radius 3 is 2.74 bits per heavy atom. The number of rotatable bonds is 8. The van der Waals surface area contributed by atoms with E-state index in [0.29, 0.717) is 23.9 Å². The van der Waals surface area contributed by atoms with E-state index in [1.54, 1.807) is 19.2 Å². The van der Waals surface area contributed by atoms with E-state index < -0.39 is 0 Å². The van der Waals surface area contributed by atoms with Crippen LogP contribution in [0.3, 0.4) is 0 Å². The van der Waals surface area contributed by atoms with Gasteiger partial charge in [-0.1, -0.05) is 29.8 Å². The highest BCUT2D eigenvalue weighted by Gasteiger charge is 2.05. The molecule has 2 aromatic rings. The van der Waals surface area contributed by atoms with Crippen LogP contribution in [0.4, 0.5) is 11.4 Å². The topological polar surface area (TPSA) is 59.6 Å². The van der Waals surface area contributed by atoms with Gasteiger partial charge in [0.05, 0.1) is 23.9 Å².